The quantitative estimate of drug-likeness (QED) is 0.935. The van der Waals surface area contributed by atoms with Crippen LogP contribution >= 0.6 is 0 Å². The van der Waals surface area contributed by atoms with E-state index in [0.717, 1.165) is 24.9 Å². The van der Waals surface area contributed by atoms with Gasteiger partial charge in [-0.1, -0.05) is 19.1 Å². The fraction of sp³-hybridized carbons (Fsp3) is 0.444. The molecule has 2 heterocycles. The first-order valence-electron chi connectivity index (χ1n) is 8.18. The van der Waals surface area contributed by atoms with E-state index in [2.05, 4.69) is 6.92 Å². The van der Waals surface area contributed by atoms with E-state index in [1.807, 2.05) is 27.7 Å². The van der Waals surface area contributed by atoms with Gasteiger partial charge in [0.2, 0.25) is 5.91 Å². The largest absolute Gasteiger partial charge is 0.338 e. The number of hydrogen-bond donors (Lipinski definition) is 1. The summed E-state index contributed by atoms with van der Waals surface area (Å²) in [5.74, 6) is 0.577. The zero-order valence-electron chi connectivity index (χ0n) is 13.4. The number of hydrogen-bond acceptors (Lipinski definition) is 3. The Kier molecular flexibility index (Phi) is 4.48. The third-order valence-corrected chi connectivity index (χ3v) is 4.72. The lowest BCUT2D eigenvalue weighted by Crippen LogP contribution is -2.50. The van der Waals surface area contributed by atoms with Crippen LogP contribution in [0.4, 0.5) is 0 Å². The number of nitrogens with zero attached hydrogens (tertiary/aromatic N) is 2. The summed E-state index contributed by atoms with van der Waals surface area (Å²) in [6.07, 6.45) is 3.79. The van der Waals surface area contributed by atoms with Crippen LogP contribution in [0.5, 0.6) is 0 Å². The zero-order chi connectivity index (χ0) is 16.4. The number of piperidine rings is 1. The van der Waals surface area contributed by atoms with Crippen molar-refractivity contribution in [2.75, 3.05) is 13.1 Å². The molecule has 2 aromatic rings. The molecule has 0 saturated carbocycles. The molecule has 0 bridgehead atoms. The first-order valence-corrected chi connectivity index (χ1v) is 8.18. The summed E-state index contributed by atoms with van der Waals surface area (Å²) in [7, 11) is 0. The maximum absolute atomic E-state index is 12.8. The second kappa shape index (κ2) is 6.54. The summed E-state index contributed by atoms with van der Waals surface area (Å²) >= 11 is 0. The first-order chi connectivity index (χ1) is 11.1. The van der Waals surface area contributed by atoms with Crippen molar-refractivity contribution in [3.05, 3.63) is 46.8 Å². The highest BCUT2D eigenvalue weighted by Gasteiger charge is 2.28. The van der Waals surface area contributed by atoms with Gasteiger partial charge in [0.1, 0.15) is 6.54 Å². The van der Waals surface area contributed by atoms with Crippen LogP contribution in [0.3, 0.4) is 0 Å². The van der Waals surface area contributed by atoms with Crippen LogP contribution in [0.15, 0.2) is 41.3 Å². The molecule has 1 aliphatic heterocycles. The van der Waals surface area contributed by atoms with Crippen molar-refractivity contribution in [1.82, 2.24) is 9.47 Å². The Bertz CT molecular complexity index is 768. The van der Waals surface area contributed by atoms with Crippen molar-refractivity contribution < 1.29 is 4.79 Å². The number of rotatable bonds is 3. The summed E-state index contributed by atoms with van der Waals surface area (Å²) in [6.45, 7) is 3.67. The lowest BCUT2D eigenvalue weighted by molar-refractivity contribution is -0.136. The van der Waals surface area contributed by atoms with Gasteiger partial charge in [-0.15, -0.1) is 0 Å². The summed E-state index contributed by atoms with van der Waals surface area (Å²) in [5, 5.41) is 0.644. The minimum Gasteiger partial charge on any atom is -0.338 e. The predicted molar refractivity (Wildman–Crippen MR) is 91.2 cm³/mol. The molecule has 2 unspecified atom stereocenters. The standard InChI is InChI=1S/C18H23N3O2/c1-13-6-7-14(10-19)21(11-13)18(23)12-20-9-8-17(22)15-4-2-3-5-16(15)20/h2-5,8-9,13-14H,6-7,10-12,19H2,1H3. The van der Waals surface area contributed by atoms with E-state index in [1.165, 1.54) is 6.07 Å². The molecular formula is C18H23N3O2. The number of benzene rings is 1. The van der Waals surface area contributed by atoms with Crippen LogP contribution in [0.25, 0.3) is 10.9 Å². The van der Waals surface area contributed by atoms with Crippen LogP contribution < -0.4 is 11.2 Å². The maximum atomic E-state index is 12.8. The van der Waals surface area contributed by atoms with Crippen LogP contribution in [0.1, 0.15) is 19.8 Å². The SMILES string of the molecule is CC1CCC(CN)N(C(=O)Cn2ccc(=O)c3ccccc32)C1. The maximum Gasteiger partial charge on any atom is 0.242 e. The Morgan fingerprint density at radius 2 is 2.04 bits per heavy atom. The molecule has 23 heavy (non-hydrogen) atoms. The number of carbonyl (C=O) groups is 1. The smallest absolute Gasteiger partial charge is 0.242 e. The third-order valence-electron chi connectivity index (χ3n) is 4.72. The highest BCUT2D eigenvalue weighted by atomic mass is 16.2. The number of aromatic nitrogens is 1. The molecule has 1 aliphatic rings. The van der Waals surface area contributed by atoms with Gasteiger partial charge in [0.25, 0.3) is 0 Å². The summed E-state index contributed by atoms with van der Waals surface area (Å²) in [6, 6.07) is 9.05. The van der Waals surface area contributed by atoms with E-state index in [9.17, 15) is 9.59 Å². The van der Waals surface area contributed by atoms with Crippen molar-refractivity contribution in [1.29, 1.82) is 0 Å². The molecule has 1 fully saturated rings. The van der Waals surface area contributed by atoms with Crippen molar-refractivity contribution in [3.8, 4) is 0 Å². The van der Waals surface area contributed by atoms with Crippen molar-refractivity contribution in [3.63, 3.8) is 0 Å². The molecule has 2 N–H and O–H groups in total. The van der Waals surface area contributed by atoms with Crippen LogP contribution in [-0.4, -0.2) is 34.5 Å². The first kappa shape index (κ1) is 15.7. The van der Waals surface area contributed by atoms with E-state index in [-0.39, 0.29) is 23.9 Å². The highest BCUT2D eigenvalue weighted by Crippen LogP contribution is 2.22. The fourth-order valence-electron chi connectivity index (χ4n) is 3.39. The van der Waals surface area contributed by atoms with E-state index in [0.29, 0.717) is 17.8 Å². The number of pyridine rings is 1. The topological polar surface area (TPSA) is 68.3 Å². The number of amides is 1. The molecule has 5 nitrogen and oxygen atoms in total. The molecule has 0 aliphatic carbocycles. The minimum atomic E-state index is -0.0178. The number of fused-ring (bicyclic) bond motifs is 1. The van der Waals surface area contributed by atoms with Gasteiger partial charge in [-0.3, -0.25) is 9.59 Å². The van der Waals surface area contributed by atoms with Crippen molar-refractivity contribution in [2.24, 2.45) is 11.7 Å². The Morgan fingerprint density at radius 3 is 2.83 bits per heavy atom. The summed E-state index contributed by atoms with van der Waals surface area (Å²) in [4.78, 5) is 26.6. The monoisotopic (exact) mass is 313 g/mol. The zero-order valence-corrected chi connectivity index (χ0v) is 13.4. The lowest BCUT2D eigenvalue weighted by Gasteiger charge is -2.38. The van der Waals surface area contributed by atoms with Crippen LogP contribution in [-0.2, 0) is 11.3 Å². The Labute approximate surface area is 135 Å². The van der Waals surface area contributed by atoms with E-state index < -0.39 is 0 Å². The Balaban J connectivity index is 1.88. The number of carbonyl (C=O) groups excluding carboxylic acids is 1. The molecule has 5 heteroatoms. The van der Waals surface area contributed by atoms with Gasteiger partial charge in [0, 0.05) is 36.8 Å². The van der Waals surface area contributed by atoms with E-state index in [4.69, 9.17) is 5.73 Å². The molecule has 0 spiro atoms. The van der Waals surface area contributed by atoms with Gasteiger partial charge in [0.15, 0.2) is 5.43 Å². The lowest BCUT2D eigenvalue weighted by atomic mass is 9.94. The molecular weight excluding hydrogens is 290 g/mol. The molecule has 122 valence electrons. The Hall–Kier alpha value is -2.14. The predicted octanol–water partition coefficient (Wildman–Crippen LogP) is 1.59. The Morgan fingerprint density at radius 1 is 1.26 bits per heavy atom. The van der Waals surface area contributed by atoms with Gasteiger partial charge >= 0.3 is 0 Å². The van der Waals surface area contributed by atoms with Crippen molar-refractivity contribution in [2.45, 2.75) is 32.4 Å². The molecule has 2 atom stereocenters. The average Bonchev–Trinajstić information content (AvgIpc) is 2.57. The molecule has 1 saturated heterocycles. The van der Waals surface area contributed by atoms with Gasteiger partial charge in [-0.05, 0) is 30.9 Å². The molecule has 0 radical (unpaired) electrons. The van der Waals surface area contributed by atoms with E-state index >= 15 is 0 Å². The molecule has 1 aromatic heterocycles. The van der Waals surface area contributed by atoms with Gasteiger partial charge in [-0.25, -0.2) is 0 Å². The second-order valence-corrected chi connectivity index (χ2v) is 6.44. The van der Waals surface area contributed by atoms with Gasteiger partial charge in [0.05, 0.1) is 5.52 Å². The van der Waals surface area contributed by atoms with E-state index in [1.54, 1.807) is 12.3 Å². The minimum absolute atomic E-state index is 0.0178. The third kappa shape index (κ3) is 3.15. The van der Waals surface area contributed by atoms with Crippen LogP contribution in [0.2, 0.25) is 0 Å². The molecule has 3 rings (SSSR count). The highest BCUT2D eigenvalue weighted by molar-refractivity contribution is 5.82. The van der Waals surface area contributed by atoms with Crippen molar-refractivity contribution >= 4 is 16.8 Å². The number of nitrogens with two attached hydrogens (primary N) is 1. The second-order valence-electron chi connectivity index (χ2n) is 6.44. The number of likely N-dealkylation sites (tertiary alicyclic amines) is 1. The summed E-state index contributed by atoms with van der Waals surface area (Å²) in [5.41, 5.74) is 6.61. The fourth-order valence-corrected chi connectivity index (χ4v) is 3.39. The average molecular weight is 313 g/mol. The van der Waals surface area contributed by atoms with Crippen LogP contribution in [0, 0.1) is 5.92 Å². The van der Waals surface area contributed by atoms with Gasteiger partial charge < -0.3 is 15.2 Å². The molecule has 1 amide bonds. The summed E-state index contributed by atoms with van der Waals surface area (Å²) < 4.78 is 1.85. The normalized spacial score (nSPS) is 21.6. The number of para-hydroxylation sites is 1. The molecule has 1 aromatic carbocycles. The van der Waals surface area contributed by atoms with Gasteiger partial charge in [-0.2, -0.15) is 0 Å².